The van der Waals surface area contributed by atoms with Crippen molar-refractivity contribution in [3.63, 3.8) is 0 Å². The zero-order valence-electron chi connectivity index (χ0n) is 6.83. The van der Waals surface area contributed by atoms with E-state index in [-0.39, 0.29) is 0 Å². The van der Waals surface area contributed by atoms with Crippen molar-refractivity contribution >= 4 is 33.5 Å². The van der Waals surface area contributed by atoms with Crippen molar-refractivity contribution in [2.45, 2.75) is 5.38 Å². The Labute approximate surface area is 89.2 Å². The van der Waals surface area contributed by atoms with Gasteiger partial charge in [-0.3, -0.25) is 9.78 Å². The van der Waals surface area contributed by atoms with Gasteiger partial charge >= 0.3 is 5.97 Å². The number of aromatic nitrogens is 1. The van der Waals surface area contributed by atoms with E-state index in [9.17, 15) is 4.79 Å². The minimum absolute atomic E-state index is 0.485. The molecule has 0 fully saturated rings. The van der Waals surface area contributed by atoms with Crippen LogP contribution < -0.4 is 0 Å². The Morgan fingerprint density at radius 1 is 1.69 bits per heavy atom. The molecule has 0 N–H and O–H groups in total. The van der Waals surface area contributed by atoms with Crippen LogP contribution in [0.5, 0.6) is 0 Å². The summed E-state index contributed by atoms with van der Waals surface area (Å²) in [4.78, 5) is 14.9. The summed E-state index contributed by atoms with van der Waals surface area (Å²) in [6.45, 7) is 0. The Balaban J connectivity index is 2.88. The normalized spacial score (nSPS) is 12.2. The van der Waals surface area contributed by atoms with E-state index in [0.29, 0.717) is 5.56 Å². The molecule has 1 rings (SSSR count). The van der Waals surface area contributed by atoms with Crippen LogP contribution in [0.15, 0.2) is 22.9 Å². The van der Waals surface area contributed by atoms with Crippen LogP contribution in [0.4, 0.5) is 0 Å². The highest BCUT2D eigenvalue weighted by molar-refractivity contribution is 9.10. The van der Waals surface area contributed by atoms with Crippen molar-refractivity contribution < 1.29 is 9.53 Å². The molecule has 0 aliphatic carbocycles. The van der Waals surface area contributed by atoms with Crippen molar-refractivity contribution in [1.82, 2.24) is 4.98 Å². The van der Waals surface area contributed by atoms with Crippen molar-refractivity contribution in [3.05, 3.63) is 28.5 Å². The lowest BCUT2D eigenvalue weighted by Gasteiger charge is -2.06. The molecule has 0 saturated heterocycles. The molecular weight excluding hydrogens is 257 g/mol. The van der Waals surface area contributed by atoms with E-state index < -0.39 is 11.3 Å². The maximum Gasteiger partial charge on any atom is 0.328 e. The fourth-order valence-electron chi connectivity index (χ4n) is 0.806. The summed E-state index contributed by atoms with van der Waals surface area (Å²) in [6, 6.07) is 1.72. The van der Waals surface area contributed by atoms with Gasteiger partial charge in [-0.1, -0.05) is 0 Å². The zero-order valence-corrected chi connectivity index (χ0v) is 9.17. The fourth-order valence-corrected chi connectivity index (χ4v) is 1.40. The lowest BCUT2D eigenvalue weighted by molar-refractivity contribution is -0.140. The number of carbonyl (C=O) groups excluding carboxylic acids is 1. The number of pyridine rings is 1. The first-order valence-electron chi connectivity index (χ1n) is 3.47. The van der Waals surface area contributed by atoms with Gasteiger partial charge in [0, 0.05) is 22.4 Å². The summed E-state index contributed by atoms with van der Waals surface area (Å²) in [5.41, 5.74) is 0.614. The molecule has 0 radical (unpaired) electrons. The highest BCUT2D eigenvalue weighted by Gasteiger charge is 2.18. The molecule has 0 aliphatic rings. The predicted octanol–water partition coefficient (Wildman–Crippen LogP) is 2.30. The molecule has 0 amide bonds. The molecule has 0 aromatic carbocycles. The number of rotatable bonds is 2. The number of ether oxygens (including phenoxy) is 1. The van der Waals surface area contributed by atoms with Crippen LogP contribution in [0.3, 0.4) is 0 Å². The fraction of sp³-hybridized carbons (Fsp3) is 0.250. The lowest BCUT2D eigenvalue weighted by Crippen LogP contribution is -2.08. The maximum atomic E-state index is 11.0. The number of hydrogen-bond donors (Lipinski definition) is 0. The zero-order chi connectivity index (χ0) is 9.84. The van der Waals surface area contributed by atoms with Crippen LogP contribution >= 0.6 is 27.5 Å². The third-order valence-corrected chi connectivity index (χ3v) is 2.29. The predicted molar refractivity (Wildman–Crippen MR) is 52.5 cm³/mol. The smallest absolute Gasteiger partial charge is 0.328 e. The summed E-state index contributed by atoms with van der Waals surface area (Å²) in [7, 11) is 1.29. The summed E-state index contributed by atoms with van der Waals surface area (Å²) >= 11 is 9.02. The highest BCUT2D eigenvalue weighted by atomic mass is 79.9. The van der Waals surface area contributed by atoms with Gasteiger partial charge in [-0.25, -0.2) is 0 Å². The molecule has 1 aromatic heterocycles. The average Bonchev–Trinajstić information content (AvgIpc) is 2.15. The average molecular weight is 265 g/mol. The van der Waals surface area contributed by atoms with Gasteiger partial charge in [0.2, 0.25) is 0 Å². The Hall–Kier alpha value is -0.610. The number of methoxy groups -OCH3 is 1. The Bertz CT molecular complexity index is 319. The molecular formula is C8H7BrClNO2. The Kier molecular flexibility index (Phi) is 3.69. The first kappa shape index (κ1) is 10.5. The second-order valence-corrected chi connectivity index (χ2v) is 3.67. The molecule has 1 aromatic rings. The van der Waals surface area contributed by atoms with Gasteiger partial charge < -0.3 is 4.74 Å². The summed E-state index contributed by atoms with van der Waals surface area (Å²) in [5, 5.41) is -0.796. The van der Waals surface area contributed by atoms with Crippen LogP contribution in [0, 0.1) is 0 Å². The first-order valence-corrected chi connectivity index (χ1v) is 4.70. The number of alkyl halides is 1. The van der Waals surface area contributed by atoms with Crippen molar-refractivity contribution in [2.75, 3.05) is 7.11 Å². The molecule has 3 nitrogen and oxygen atoms in total. The van der Waals surface area contributed by atoms with E-state index >= 15 is 0 Å². The molecule has 0 bridgehead atoms. The molecule has 0 spiro atoms. The SMILES string of the molecule is COC(=O)C(Cl)c1cncc(Br)c1. The number of carbonyl (C=O) groups is 1. The van der Waals surface area contributed by atoms with Crippen LogP contribution in [0.25, 0.3) is 0 Å². The molecule has 1 unspecified atom stereocenters. The molecule has 13 heavy (non-hydrogen) atoms. The third-order valence-electron chi connectivity index (χ3n) is 1.43. The van der Waals surface area contributed by atoms with Gasteiger partial charge in [0.1, 0.15) is 0 Å². The van der Waals surface area contributed by atoms with Gasteiger partial charge in [-0.05, 0) is 22.0 Å². The van der Waals surface area contributed by atoms with E-state index in [4.69, 9.17) is 11.6 Å². The van der Waals surface area contributed by atoms with E-state index in [1.54, 1.807) is 12.3 Å². The molecule has 0 saturated carbocycles. The van der Waals surface area contributed by atoms with Gasteiger partial charge in [0.25, 0.3) is 0 Å². The van der Waals surface area contributed by atoms with Crippen LogP contribution in [-0.2, 0) is 9.53 Å². The Morgan fingerprint density at radius 2 is 2.38 bits per heavy atom. The minimum Gasteiger partial charge on any atom is -0.468 e. The van der Waals surface area contributed by atoms with Crippen molar-refractivity contribution in [3.8, 4) is 0 Å². The van der Waals surface area contributed by atoms with E-state index in [2.05, 4.69) is 25.7 Å². The number of esters is 1. The first-order chi connectivity index (χ1) is 6.15. The second-order valence-electron chi connectivity index (χ2n) is 2.32. The van der Waals surface area contributed by atoms with Crippen LogP contribution in [0.2, 0.25) is 0 Å². The number of nitrogens with zero attached hydrogens (tertiary/aromatic N) is 1. The highest BCUT2D eigenvalue weighted by Crippen LogP contribution is 2.23. The van der Waals surface area contributed by atoms with Gasteiger partial charge in [0.05, 0.1) is 7.11 Å². The molecule has 5 heteroatoms. The van der Waals surface area contributed by atoms with E-state index in [1.165, 1.54) is 13.3 Å². The maximum absolute atomic E-state index is 11.0. The van der Waals surface area contributed by atoms with Crippen LogP contribution in [-0.4, -0.2) is 18.1 Å². The molecule has 1 heterocycles. The summed E-state index contributed by atoms with van der Waals surface area (Å²) < 4.78 is 5.27. The molecule has 0 aliphatic heterocycles. The summed E-state index contributed by atoms with van der Waals surface area (Å²) in [6.07, 6.45) is 3.14. The minimum atomic E-state index is -0.796. The summed E-state index contributed by atoms with van der Waals surface area (Å²) in [5.74, 6) is -0.485. The van der Waals surface area contributed by atoms with Crippen molar-refractivity contribution in [2.24, 2.45) is 0 Å². The van der Waals surface area contributed by atoms with Crippen molar-refractivity contribution in [1.29, 1.82) is 0 Å². The molecule has 1 atom stereocenters. The molecule has 70 valence electrons. The van der Waals surface area contributed by atoms with Gasteiger partial charge in [-0.15, -0.1) is 11.6 Å². The quantitative estimate of drug-likeness (QED) is 0.608. The third kappa shape index (κ3) is 2.67. The largest absolute Gasteiger partial charge is 0.468 e. The monoisotopic (exact) mass is 263 g/mol. The van der Waals surface area contributed by atoms with E-state index in [0.717, 1.165) is 4.47 Å². The van der Waals surface area contributed by atoms with E-state index in [1.807, 2.05) is 0 Å². The topological polar surface area (TPSA) is 39.2 Å². The number of hydrogen-bond acceptors (Lipinski definition) is 3. The number of halogens is 2. The second kappa shape index (κ2) is 4.58. The van der Waals surface area contributed by atoms with Gasteiger partial charge in [0.15, 0.2) is 5.38 Å². The van der Waals surface area contributed by atoms with Crippen LogP contribution in [0.1, 0.15) is 10.9 Å². The lowest BCUT2D eigenvalue weighted by atomic mass is 10.2. The van der Waals surface area contributed by atoms with Gasteiger partial charge in [-0.2, -0.15) is 0 Å². The standard InChI is InChI=1S/C8H7BrClNO2/c1-13-8(12)7(10)5-2-6(9)4-11-3-5/h2-4,7H,1H3. The Morgan fingerprint density at radius 3 is 2.92 bits per heavy atom.